The maximum absolute atomic E-state index is 12.4. The molecule has 0 saturated carbocycles. The minimum Gasteiger partial charge on any atom is -0.420 e. The van der Waals surface area contributed by atoms with Crippen LogP contribution < -0.4 is 11.3 Å². The number of aromatic nitrogens is 4. The molecule has 2 aliphatic heterocycles. The minimum atomic E-state index is -0.547. The van der Waals surface area contributed by atoms with E-state index in [1.807, 2.05) is 30.3 Å². The lowest BCUT2D eigenvalue weighted by atomic mass is 9.95. The number of fused-ring (bicyclic) bond motifs is 1. The number of likely N-dealkylation sites (tertiary alicyclic amines) is 1. The number of hydrogen-bond donors (Lipinski definition) is 2. The zero-order valence-corrected chi connectivity index (χ0v) is 18.2. The number of carbonyl (C=O) groups is 1. The predicted molar refractivity (Wildman–Crippen MR) is 118 cm³/mol. The minimum absolute atomic E-state index is 0.126. The Hall–Kier alpha value is -3.37. The first kappa shape index (κ1) is 21.5. The van der Waals surface area contributed by atoms with Crippen LogP contribution in [0.15, 0.2) is 39.5 Å². The molecule has 0 radical (unpaired) electrons. The zero-order chi connectivity index (χ0) is 22.8. The maximum atomic E-state index is 12.4. The van der Waals surface area contributed by atoms with Gasteiger partial charge in [-0.1, -0.05) is 18.2 Å². The molecule has 1 saturated heterocycles. The van der Waals surface area contributed by atoms with E-state index >= 15 is 0 Å². The van der Waals surface area contributed by atoms with Crippen LogP contribution >= 0.6 is 0 Å². The topological polar surface area (TPSA) is 140 Å². The Labute approximate surface area is 190 Å². The number of ether oxygens (including phenoxy) is 1. The Bertz CT molecular complexity index is 1180. The van der Waals surface area contributed by atoms with Crippen molar-refractivity contribution in [1.82, 2.24) is 25.1 Å². The van der Waals surface area contributed by atoms with Gasteiger partial charge in [-0.25, -0.2) is 4.98 Å². The highest BCUT2D eigenvalue weighted by Crippen LogP contribution is 2.30. The first-order valence-electron chi connectivity index (χ1n) is 11.2. The third-order valence-corrected chi connectivity index (χ3v) is 6.38. The molecule has 4 heterocycles. The average Bonchev–Trinajstić information content (AvgIpc) is 3.34. The van der Waals surface area contributed by atoms with Crippen molar-refractivity contribution < 1.29 is 13.9 Å². The second kappa shape index (κ2) is 9.24. The quantitative estimate of drug-likeness (QED) is 0.570. The summed E-state index contributed by atoms with van der Waals surface area (Å²) in [5.41, 5.74) is 7.74. The number of benzene rings is 1. The van der Waals surface area contributed by atoms with Gasteiger partial charge in [0.1, 0.15) is 5.82 Å². The highest BCUT2D eigenvalue weighted by atomic mass is 16.5. The summed E-state index contributed by atoms with van der Waals surface area (Å²) in [6.07, 6.45) is 2.40. The highest BCUT2D eigenvalue weighted by Gasteiger charge is 2.32. The molecule has 172 valence electrons. The lowest BCUT2D eigenvalue weighted by Crippen LogP contribution is -2.49. The second-order valence-electron chi connectivity index (χ2n) is 8.48. The second-order valence-corrected chi connectivity index (χ2v) is 8.48. The molecule has 0 aliphatic carbocycles. The summed E-state index contributed by atoms with van der Waals surface area (Å²) in [6, 6.07) is 9.12. The van der Waals surface area contributed by atoms with E-state index in [0.29, 0.717) is 49.3 Å². The molecule has 0 bridgehead atoms. The Kier molecular flexibility index (Phi) is 6.01. The van der Waals surface area contributed by atoms with Crippen LogP contribution in [0.5, 0.6) is 0 Å². The van der Waals surface area contributed by atoms with E-state index in [-0.39, 0.29) is 24.5 Å². The molecule has 10 heteroatoms. The van der Waals surface area contributed by atoms with Crippen LogP contribution in [0.2, 0.25) is 0 Å². The Morgan fingerprint density at radius 2 is 2.00 bits per heavy atom. The zero-order valence-electron chi connectivity index (χ0n) is 18.2. The summed E-state index contributed by atoms with van der Waals surface area (Å²) in [5.74, 6) is 1.31. The van der Waals surface area contributed by atoms with Crippen molar-refractivity contribution in [3.8, 4) is 11.5 Å². The van der Waals surface area contributed by atoms with Gasteiger partial charge < -0.3 is 19.9 Å². The molecule has 2 aromatic heterocycles. The van der Waals surface area contributed by atoms with E-state index in [1.165, 1.54) is 0 Å². The largest absolute Gasteiger partial charge is 0.420 e. The van der Waals surface area contributed by atoms with Crippen molar-refractivity contribution in [2.75, 3.05) is 19.7 Å². The first-order chi connectivity index (χ1) is 16.1. The van der Waals surface area contributed by atoms with Gasteiger partial charge in [0, 0.05) is 24.3 Å². The van der Waals surface area contributed by atoms with Gasteiger partial charge in [-0.15, -0.1) is 10.2 Å². The molecule has 1 aromatic carbocycles. The van der Waals surface area contributed by atoms with Gasteiger partial charge in [0.15, 0.2) is 0 Å². The molecular weight excluding hydrogens is 424 g/mol. The fourth-order valence-electron chi connectivity index (χ4n) is 4.54. The molecule has 0 spiro atoms. The summed E-state index contributed by atoms with van der Waals surface area (Å²) in [4.78, 5) is 34.1. The Morgan fingerprint density at radius 1 is 1.21 bits per heavy atom. The van der Waals surface area contributed by atoms with Crippen molar-refractivity contribution in [1.29, 1.82) is 0 Å². The molecule has 5 rings (SSSR count). The summed E-state index contributed by atoms with van der Waals surface area (Å²) >= 11 is 0. The van der Waals surface area contributed by atoms with E-state index in [9.17, 15) is 9.59 Å². The number of piperidine rings is 1. The average molecular weight is 450 g/mol. The van der Waals surface area contributed by atoms with Crippen LogP contribution in [0.1, 0.15) is 41.7 Å². The number of primary amides is 1. The number of hydrogen-bond acceptors (Lipinski definition) is 8. The van der Waals surface area contributed by atoms with Crippen LogP contribution in [-0.4, -0.2) is 56.7 Å². The van der Waals surface area contributed by atoms with Gasteiger partial charge in [-0.05, 0) is 38.1 Å². The third kappa shape index (κ3) is 4.57. The number of amides is 1. The van der Waals surface area contributed by atoms with E-state index in [4.69, 9.17) is 14.9 Å². The van der Waals surface area contributed by atoms with Crippen LogP contribution in [0.3, 0.4) is 0 Å². The molecule has 3 aromatic rings. The van der Waals surface area contributed by atoms with Crippen molar-refractivity contribution in [3.63, 3.8) is 0 Å². The van der Waals surface area contributed by atoms with E-state index < -0.39 is 11.9 Å². The Balaban J connectivity index is 1.25. The molecule has 1 amide bonds. The molecule has 2 aliphatic rings. The fourth-order valence-corrected chi connectivity index (χ4v) is 4.54. The van der Waals surface area contributed by atoms with Crippen LogP contribution in [0.25, 0.3) is 11.5 Å². The highest BCUT2D eigenvalue weighted by molar-refractivity contribution is 5.80. The van der Waals surface area contributed by atoms with Gasteiger partial charge >= 0.3 is 0 Å². The van der Waals surface area contributed by atoms with Gasteiger partial charge in [0.2, 0.25) is 17.7 Å². The number of nitrogens with one attached hydrogen (secondary N) is 1. The Morgan fingerprint density at radius 3 is 2.76 bits per heavy atom. The molecule has 3 N–H and O–H groups in total. The number of rotatable bonds is 6. The van der Waals surface area contributed by atoms with Crippen LogP contribution in [0, 0.1) is 0 Å². The van der Waals surface area contributed by atoms with Crippen molar-refractivity contribution in [2.24, 2.45) is 5.73 Å². The number of H-pyrrole nitrogens is 1. The smallest absolute Gasteiger partial charge is 0.256 e. The third-order valence-electron chi connectivity index (χ3n) is 6.38. The van der Waals surface area contributed by atoms with Gasteiger partial charge in [-0.3, -0.25) is 14.5 Å². The lowest BCUT2D eigenvalue weighted by Gasteiger charge is -2.35. The van der Waals surface area contributed by atoms with Gasteiger partial charge in [0.05, 0.1) is 30.5 Å². The van der Waals surface area contributed by atoms with Gasteiger partial charge in [0.25, 0.3) is 5.56 Å². The molecule has 33 heavy (non-hydrogen) atoms. The monoisotopic (exact) mass is 450 g/mol. The van der Waals surface area contributed by atoms with Crippen molar-refractivity contribution in [2.45, 2.75) is 44.2 Å². The summed E-state index contributed by atoms with van der Waals surface area (Å²) < 4.78 is 11.3. The molecule has 1 unspecified atom stereocenters. The molecule has 1 atom stereocenters. The number of nitrogens with two attached hydrogens (primary N) is 1. The predicted octanol–water partition coefficient (Wildman–Crippen LogP) is 1.17. The normalized spacial score (nSPS) is 18.1. The van der Waals surface area contributed by atoms with E-state index in [2.05, 4.69) is 25.1 Å². The SMILES string of the molecule is NC(=O)C(Cc1nc2c(c(=O)[nH]1)COCC2)N1CCC(c2nnc(-c3ccccc3)o2)CC1. The number of carbonyl (C=O) groups excluding carboxylic acids is 1. The van der Waals surface area contributed by atoms with Crippen LogP contribution in [0.4, 0.5) is 0 Å². The summed E-state index contributed by atoms with van der Waals surface area (Å²) in [6.45, 7) is 2.12. The standard InChI is InChI=1S/C23H26N6O4/c24-20(30)18(12-19-25-17-8-11-32-13-16(17)21(31)26-19)29-9-6-15(7-10-29)23-28-27-22(33-23)14-4-2-1-3-5-14/h1-5,15,18H,6-13H2,(H2,24,30)(H,25,26,31). The number of aromatic amines is 1. The van der Waals surface area contributed by atoms with E-state index in [0.717, 1.165) is 24.1 Å². The molecule has 10 nitrogen and oxygen atoms in total. The lowest BCUT2D eigenvalue weighted by molar-refractivity contribution is -0.123. The molecule has 1 fully saturated rings. The first-order valence-corrected chi connectivity index (χ1v) is 11.2. The summed E-state index contributed by atoms with van der Waals surface area (Å²) in [5, 5.41) is 8.44. The van der Waals surface area contributed by atoms with Crippen molar-refractivity contribution >= 4 is 5.91 Å². The molecular formula is C23H26N6O4. The van der Waals surface area contributed by atoms with Crippen LogP contribution in [-0.2, 0) is 29.0 Å². The van der Waals surface area contributed by atoms with Gasteiger partial charge in [-0.2, -0.15) is 0 Å². The van der Waals surface area contributed by atoms with Crippen molar-refractivity contribution in [3.05, 3.63) is 63.7 Å². The fraction of sp³-hybridized carbons (Fsp3) is 0.435. The summed E-state index contributed by atoms with van der Waals surface area (Å²) in [7, 11) is 0. The number of nitrogens with zero attached hydrogens (tertiary/aromatic N) is 4. The van der Waals surface area contributed by atoms with E-state index in [1.54, 1.807) is 0 Å². The maximum Gasteiger partial charge on any atom is 0.256 e.